The Morgan fingerprint density at radius 3 is 2.70 bits per heavy atom. The van der Waals surface area contributed by atoms with Gasteiger partial charge in [-0.15, -0.1) is 0 Å². The number of hydrogen-bond donors (Lipinski definition) is 1. The Morgan fingerprint density at radius 2 is 2.04 bits per heavy atom. The number of halogens is 2. The zero-order valence-electron chi connectivity index (χ0n) is 12.7. The average Bonchev–Trinajstić information content (AvgIpc) is 2.50. The number of morpholine rings is 1. The van der Waals surface area contributed by atoms with Crippen LogP contribution in [0, 0.1) is 0 Å². The number of ether oxygens (including phenoxy) is 1. The van der Waals surface area contributed by atoms with Crippen LogP contribution in [-0.4, -0.2) is 73.0 Å². The molecule has 0 bridgehead atoms. The molecular formula is C14H18Cl2N4O3. The highest BCUT2D eigenvalue weighted by Gasteiger charge is 2.19. The molecule has 2 amide bonds. The minimum absolute atomic E-state index is 0.0220. The van der Waals surface area contributed by atoms with Crippen LogP contribution >= 0.6 is 23.2 Å². The van der Waals surface area contributed by atoms with Crippen molar-refractivity contribution >= 4 is 40.8 Å². The van der Waals surface area contributed by atoms with Crippen molar-refractivity contribution in [1.82, 2.24) is 14.8 Å². The molecule has 9 heteroatoms. The summed E-state index contributed by atoms with van der Waals surface area (Å²) in [6.45, 7) is 2.49. The van der Waals surface area contributed by atoms with Gasteiger partial charge in [-0.05, 0) is 13.1 Å². The SMILES string of the molecule is CN(CC(=O)Nc1ncc(Cl)cc1Cl)CC(=O)N1CCOCC1. The number of nitrogens with zero attached hydrogens (tertiary/aromatic N) is 3. The van der Waals surface area contributed by atoms with Crippen molar-refractivity contribution in [2.45, 2.75) is 0 Å². The molecule has 0 radical (unpaired) electrons. The van der Waals surface area contributed by atoms with E-state index in [0.717, 1.165) is 0 Å². The Kier molecular flexibility index (Phi) is 6.59. The summed E-state index contributed by atoms with van der Waals surface area (Å²) in [4.78, 5) is 31.4. The van der Waals surface area contributed by atoms with Gasteiger partial charge in [0.1, 0.15) is 0 Å². The van der Waals surface area contributed by atoms with Gasteiger partial charge >= 0.3 is 0 Å². The number of hydrogen-bond acceptors (Lipinski definition) is 5. The summed E-state index contributed by atoms with van der Waals surface area (Å²) < 4.78 is 5.20. The van der Waals surface area contributed by atoms with Gasteiger partial charge in [0.15, 0.2) is 5.82 Å². The third kappa shape index (κ3) is 5.62. The molecule has 126 valence electrons. The molecule has 1 aliphatic heterocycles. The van der Waals surface area contributed by atoms with Crippen LogP contribution in [-0.2, 0) is 14.3 Å². The molecule has 0 spiro atoms. The average molecular weight is 361 g/mol. The second-order valence-corrected chi connectivity index (χ2v) is 6.04. The van der Waals surface area contributed by atoms with Crippen molar-refractivity contribution in [1.29, 1.82) is 0 Å². The summed E-state index contributed by atoms with van der Waals surface area (Å²) in [6, 6.07) is 1.50. The number of likely N-dealkylation sites (N-methyl/N-ethyl adjacent to an activating group) is 1. The van der Waals surface area contributed by atoms with Gasteiger partial charge in [-0.2, -0.15) is 0 Å². The lowest BCUT2D eigenvalue weighted by Crippen LogP contribution is -2.46. The fourth-order valence-electron chi connectivity index (χ4n) is 2.12. The van der Waals surface area contributed by atoms with Crippen LogP contribution in [0.15, 0.2) is 12.3 Å². The van der Waals surface area contributed by atoms with Gasteiger partial charge in [-0.1, -0.05) is 23.2 Å². The largest absolute Gasteiger partial charge is 0.378 e. The molecule has 1 saturated heterocycles. The minimum atomic E-state index is -0.306. The molecule has 1 N–H and O–H groups in total. The van der Waals surface area contributed by atoms with Crippen LogP contribution in [0.25, 0.3) is 0 Å². The lowest BCUT2D eigenvalue weighted by molar-refractivity contribution is -0.136. The maximum atomic E-state index is 12.1. The van der Waals surface area contributed by atoms with Crippen molar-refractivity contribution in [3.8, 4) is 0 Å². The van der Waals surface area contributed by atoms with Gasteiger partial charge in [0.25, 0.3) is 0 Å². The first-order chi connectivity index (χ1) is 11.0. The Morgan fingerprint density at radius 1 is 1.35 bits per heavy atom. The Hall–Kier alpha value is -1.41. The zero-order valence-corrected chi connectivity index (χ0v) is 14.2. The van der Waals surface area contributed by atoms with E-state index in [1.54, 1.807) is 16.8 Å². The maximum Gasteiger partial charge on any atom is 0.239 e. The third-order valence-electron chi connectivity index (χ3n) is 3.25. The summed E-state index contributed by atoms with van der Waals surface area (Å²) in [7, 11) is 1.70. The number of aromatic nitrogens is 1. The standard InChI is InChI=1S/C14H18Cl2N4O3/c1-19(9-13(22)20-2-4-23-5-3-20)8-12(21)18-14-11(16)6-10(15)7-17-14/h6-7H,2-5,8-9H2,1H3,(H,17,18,21). The predicted molar refractivity (Wildman–Crippen MR) is 87.8 cm³/mol. The fourth-order valence-corrected chi connectivity index (χ4v) is 2.55. The topological polar surface area (TPSA) is 74.8 Å². The number of nitrogens with one attached hydrogen (secondary N) is 1. The number of rotatable bonds is 5. The highest BCUT2D eigenvalue weighted by Crippen LogP contribution is 2.22. The molecule has 0 unspecified atom stereocenters. The monoisotopic (exact) mass is 360 g/mol. The number of carbonyl (C=O) groups is 2. The summed E-state index contributed by atoms with van der Waals surface area (Å²) in [5.74, 6) is -0.0841. The van der Waals surface area contributed by atoms with E-state index in [4.69, 9.17) is 27.9 Å². The first-order valence-corrected chi connectivity index (χ1v) is 7.86. The van der Waals surface area contributed by atoms with Crippen LogP contribution in [0.4, 0.5) is 5.82 Å². The van der Waals surface area contributed by atoms with Crippen LogP contribution in [0.3, 0.4) is 0 Å². The lowest BCUT2D eigenvalue weighted by atomic mass is 10.3. The summed E-state index contributed by atoms with van der Waals surface area (Å²) in [5, 5.41) is 3.25. The third-order valence-corrected chi connectivity index (χ3v) is 3.74. The fraction of sp³-hybridized carbons (Fsp3) is 0.500. The molecule has 1 aromatic rings. The van der Waals surface area contributed by atoms with E-state index in [0.29, 0.717) is 31.3 Å². The zero-order chi connectivity index (χ0) is 16.8. The van der Waals surface area contributed by atoms with E-state index in [-0.39, 0.29) is 35.7 Å². The molecule has 1 fully saturated rings. The predicted octanol–water partition coefficient (Wildman–Crippen LogP) is 1.12. The lowest BCUT2D eigenvalue weighted by Gasteiger charge is -2.28. The minimum Gasteiger partial charge on any atom is -0.378 e. The van der Waals surface area contributed by atoms with Crippen LogP contribution in [0.5, 0.6) is 0 Å². The highest BCUT2D eigenvalue weighted by atomic mass is 35.5. The molecule has 0 aliphatic carbocycles. The van der Waals surface area contributed by atoms with Crippen molar-refractivity contribution in [2.24, 2.45) is 0 Å². The smallest absolute Gasteiger partial charge is 0.239 e. The summed E-state index contributed by atoms with van der Waals surface area (Å²) in [6.07, 6.45) is 1.40. The van der Waals surface area contributed by atoms with Crippen LogP contribution in [0.2, 0.25) is 10.0 Å². The van der Waals surface area contributed by atoms with E-state index in [2.05, 4.69) is 10.3 Å². The van der Waals surface area contributed by atoms with Crippen molar-refractivity contribution in [3.05, 3.63) is 22.3 Å². The molecule has 0 aromatic carbocycles. The van der Waals surface area contributed by atoms with Gasteiger partial charge in [-0.25, -0.2) is 4.98 Å². The second kappa shape index (κ2) is 8.44. The van der Waals surface area contributed by atoms with Crippen molar-refractivity contribution < 1.29 is 14.3 Å². The van der Waals surface area contributed by atoms with Gasteiger partial charge in [-0.3, -0.25) is 14.5 Å². The van der Waals surface area contributed by atoms with Gasteiger partial charge < -0.3 is 15.0 Å². The van der Waals surface area contributed by atoms with E-state index >= 15 is 0 Å². The number of amides is 2. The second-order valence-electron chi connectivity index (χ2n) is 5.20. The Labute approximate surface area is 144 Å². The summed E-state index contributed by atoms with van der Waals surface area (Å²) in [5.41, 5.74) is 0. The number of carbonyl (C=O) groups excluding carboxylic acids is 2. The van der Waals surface area contributed by atoms with Crippen LogP contribution < -0.4 is 5.32 Å². The first-order valence-electron chi connectivity index (χ1n) is 7.10. The van der Waals surface area contributed by atoms with Crippen molar-refractivity contribution in [2.75, 3.05) is 51.8 Å². The molecule has 1 aliphatic rings. The Balaban J connectivity index is 1.81. The van der Waals surface area contributed by atoms with Crippen molar-refractivity contribution in [3.63, 3.8) is 0 Å². The molecule has 2 heterocycles. The van der Waals surface area contributed by atoms with E-state index in [1.165, 1.54) is 12.3 Å². The molecule has 1 aromatic heterocycles. The van der Waals surface area contributed by atoms with E-state index in [1.807, 2.05) is 0 Å². The first kappa shape index (κ1) is 17.9. The van der Waals surface area contributed by atoms with Gasteiger partial charge in [0.2, 0.25) is 11.8 Å². The van der Waals surface area contributed by atoms with E-state index in [9.17, 15) is 9.59 Å². The molecule has 23 heavy (non-hydrogen) atoms. The normalized spacial score (nSPS) is 14.9. The molecule has 2 rings (SSSR count). The quantitative estimate of drug-likeness (QED) is 0.851. The molecular weight excluding hydrogens is 343 g/mol. The Bertz CT molecular complexity index is 579. The van der Waals surface area contributed by atoms with Gasteiger partial charge in [0, 0.05) is 19.3 Å². The molecule has 0 saturated carbocycles. The maximum absolute atomic E-state index is 12.1. The van der Waals surface area contributed by atoms with Gasteiger partial charge in [0.05, 0.1) is 36.3 Å². The van der Waals surface area contributed by atoms with Crippen LogP contribution in [0.1, 0.15) is 0 Å². The molecule has 0 atom stereocenters. The van der Waals surface area contributed by atoms with E-state index < -0.39 is 0 Å². The summed E-state index contributed by atoms with van der Waals surface area (Å²) >= 11 is 11.7. The molecule has 7 nitrogen and oxygen atoms in total. The highest BCUT2D eigenvalue weighted by molar-refractivity contribution is 6.36. The number of anilines is 1. The number of pyridine rings is 1.